The van der Waals surface area contributed by atoms with Crippen molar-refractivity contribution in [1.82, 2.24) is 0 Å². The van der Waals surface area contributed by atoms with Crippen molar-refractivity contribution in [2.45, 2.75) is 12.8 Å². The third-order valence-electron chi connectivity index (χ3n) is 3.43. The van der Waals surface area contributed by atoms with Crippen LogP contribution in [0.15, 0.2) is 42.5 Å². The number of benzene rings is 2. The predicted molar refractivity (Wildman–Crippen MR) is 74.0 cm³/mol. The molecule has 0 N–H and O–H groups in total. The summed E-state index contributed by atoms with van der Waals surface area (Å²) in [6, 6.07) is 12.2. The van der Waals surface area contributed by atoms with E-state index in [-0.39, 0.29) is 11.6 Å². The normalized spacial score (nSPS) is 13.4. The zero-order chi connectivity index (χ0) is 13.4. The summed E-state index contributed by atoms with van der Waals surface area (Å²) < 4.78 is 0. The molecule has 2 aromatic carbocycles. The van der Waals surface area contributed by atoms with Gasteiger partial charge in [0.25, 0.3) is 0 Å². The number of carbonyl (C=O) groups is 2. The van der Waals surface area contributed by atoms with Crippen LogP contribution in [0, 0.1) is 0 Å². The number of carbonyl (C=O) groups excluding carboxylic acids is 2. The van der Waals surface area contributed by atoms with E-state index in [2.05, 4.69) is 0 Å². The first kappa shape index (κ1) is 12.1. The first-order valence-electron chi connectivity index (χ1n) is 6.12. The van der Waals surface area contributed by atoms with Crippen LogP contribution in [0.5, 0.6) is 0 Å². The summed E-state index contributed by atoms with van der Waals surface area (Å²) in [7, 11) is 0. The van der Waals surface area contributed by atoms with Gasteiger partial charge in [-0.1, -0.05) is 29.8 Å². The summed E-state index contributed by atoms with van der Waals surface area (Å²) in [6.07, 6.45) is 1.16. The predicted octanol–water partition coefficient (Wildman–Crippen LogP) is 3.70. The van der Waals surface area contributed by atoms with Crippen LogP contribution in [0.3, 0.4) is 0 Å². The molecule has 1 aliphatic rings. The van der Waals surface area contributed by atoms with Gasteiger partial charge in [-0.3, -0.25) is 9.59 Å². The molecule has 2 aromatic rings. The Morgan fingerprint density at radius 1 is 1.00 bits per heavy atom. The fourth-order valence-electron chi connectivity index (χ4n) is 2.46. The molecule has 0 saturated heterocycles. The van der Waals surface area contributed by atoms with E-state index < -0.39 is 0 Å². The second kappa shape index (κ2) is 4.63. The van der Waals surface area contributed by atoms with Crippen LogP contribution in [0.25, 0.3) is 0 Å². The monoisotopic (exact) mass is 270 g/mol. The van der Waals surface area contributed by atoms with Crippen molar-refractivity contribution in [2.75, 3.05) is 0 Å². The molecule has 94 valence electrons. The van der Waals surface area contributed by atoms with Crippen LogP contribution in [-0.4, -0.2) is 11.6 Å². The summed E-state index contributed by atoms with van der Waals surface area (Å²) >= 11 is 5.82. The summed E-state index contributed by atoms with van der Waals surface area (Å²) in [5.41, 5.74) is 2.80. The molecule has 0 radical (unpaired) electrons. The molecule has 1 aliphatic carbocycles. The summed E-state index contributed by atoms with van der Waals surface area (Å²) in [5, 5.41) is 0.602. The Morgan fingerprint density at radius 3 is 2.47 bits per heavy atom. The van der Waals surface area contributed by atoms with Gasteiger partial charge in [0, 0.05) is 28.1 Å². The van der Waals surface area contributed by atoms with Crippen LogP contribution in [-0.2, 0) is 6.42 Å². The second-order valence-corrected chi connectivity index (χ2v) is 5.03. The van der Waals surface area contributed by atoms with Crippen LogP contribution < -0.4 is 0 Å². The summed E-state index contributed by atoms with van der Waals surface area (Å²) in [5.74, 6) is 0.0731. The first-order valence-corrected chi connectivity index (χ1v) is 6.50. The highest BCUT2D eigenvalue weighted by Crippen LogP contribution is 2.27. The zero-order valence-electron chi connectivity index (χ0n) is 10.2. The molecule has 0 amide bonds. The maximum atomic E-state index is 12.5. The second-order valence-electron chi connectivity index (χ2n) is 4.59. The quantitative estimate of drug-likeness (QED) is 0.780. The van der Waals surface area contributed by atoms with Crippen molar-refractivity contribution >= 4 is 23.2 Å². The molecular formula is C16H11ClO2. The Morgan fingerprint density at radius 2 is 1.74 bits per heavy atom. The Balaban J connectivity index is 2.06. The highest BCUT2D eigenvalue weighted by Gasteiger charge is 2.24. The van der Waals surface area contributed by atoms with E-state index in [1.54, 1.807) is 42.5 Å². The van der Waals surface area contributed by atoms with E-state index in [4.69, 9.17) is 11.6 Å². The molecule has 0 spiro atoms. The number of hydrogen-bond donors (Lipinski definition) is 0. The maximum Gasteiger partial charge on any atom is 0.193 e. The average Bonchev–Trinajstić information content (AvgIpc) is 2.81. The number of ketones is 2. The van der Waals surface area contributed by atoms with E-state index in [1.165, 1.54) is 0 Å². The lowest BCUT2D eigenvalue weighted by molar-refractivity contribution is 0.0993. The van der Waals surface area contributed by atoms with Gasteiger partial charge in [0.2, 0.25) is 0 Å². The molecule has 3 heteroatoms. The van der Waals surface area contributed by atoms with Gasteiger partial charge in [-0.25, -0.2) is 0 Å². The van der Waals surface area contributed by atoms with Gasteiger partial charge >= 0.3 is 0 Å². The van der Waals surface area contributed by atoms with Gasteiger partial charge in [-0.15, -0.1) is 0 Å². The zero-order valence-corrected chi connectivity index (χ0v) is 10.9. The molecule has 0 fully saturated rings. The number of rotatable bonds is 2. The topological polar surface area (TPSA) is 34.1 Å². The van der Waals surface area contributed by atoms with E-state index in [0.29, 0.717) is 34.6 Å². The number of Topliss-reactive ketones (excluding diaryl/α,β-unsaturated/α-hetero) is 1. The van der Waals surface area contributed by atoms with Crippen molar-refractivity contribution in [3.63, 3.8) is 0 Å². The van der Waals surface area contributed by atoms with Gasteiger partial charge in [-0.05, 0) is 36.2 Å². The largest absolute Gasteiger partial charge is 0.294 e. The Bertz CT molecular complexity index is 672. The number of hydrogen-bond acceptors (Lipinski definition) is 2. The van der Waals surface area contributed by atoms with Crippen LogP contribution in [0.2, 0.25) is 5.02 Å². The SMILES string of the molecule is O=C1CCc2c1cccc2C(=O)c1ccc(Cl)cc1. The van der Waals surface area contributed by atoms with Crippen molar-refractivity contribution in [3.05, 3.63) is 69.7 Å². The van der Waals surface area contributed by atoms with Crippen molar-refractivity contribution in [2.24, 2.45) is 0 Å². The molecule has 0 aromatic heterocycles. The molecule has 3 rings (SSSR count). The van der Waals surface area contributed by atoms with Crippen LogP contribution in [0.4, 0.5) is 0 Å². The first-order chi connectivity index (χ1) is 9.16. The van der Waals surface area contributed by atoms with Crippen molar-refractivity contribution < 1.29 is 9.59 Å². The standard InChI is InChI=1S/C16H11ClO2/c17-11-6-4-10(5-7-11)16(19)14-3-1-2-13-12(14)8-9-15(13)18/h1-7H,8-9H2. The van der Waals surface area contributed by atoms with Gasteiger partial charge < -0.3 is 0 Å². The van der Waals surface area contributed by atoms with E-state index in [0.717, 1.165) is 5.56 Å². The lowest BCUT2D eigenvalue weighted by Gasteiger charge is -2.07. The van der Waals surface area contributed by atoms with Crippen molar-refractivity contribution in [3.8, 4) is 0 Å². The third kappa shape index (κ3) is 2.08. The number of fused-ring (bicyclic) bond motifs is 1. The highest BCUT2D eigenvalue weighted by atomic mass is 35.5. The van der Waals surface area contributed by atoms with Gasteiger partial charge in [0.15, 0.2) is 11.6 Å². The van der Waals surface area contributed by atoms with E-state index >= 15 is 0 Å². The van der Waals surface area contributed by atoms with Crippen molar-refractivity contribution in [1.29, 1.82) is 0 Å². The molecule has 2 nitrogen and oxygen atoms in total. The molecule has 0 bridgehead atoms. The molecule has 0 aliphatic heterocycles. The average molecular weight is 271 g/mol. The Labute approximate surface area is 116 Å². The summed E-state index contributed by atoms with van der Waals surface area (Å²) in [6.45, 7) is 0. The van der Waals surface area contributed by atoms with Crippen LogP contribution >= 0.6 is 11.6 Å². The lowest BCUT2D eigenvalue weighted by atomic mass is 9.96. The van der Waals surface area contributed by atoms with E-state index in [9.17, 15) is 9.59 Å². The van der Waals surface area contributed by atoms with Crippen LogP contribution in [0.1, 0.15) is 38.3 Å². The highest BCUT2D eigenvalue weighted by molar-refractivity contribution is 6.30. The molecule has 0 heterocycles. The molecular weight excluding hydrogens is 260 g/mol. The molecule has 0 atom stereocenters. The number of halogens is 1. The minimum absolute atomic E-state index is 0.0526. The minimum Gasteiger partial charge on any atom is -0.294 e. The van der Waals surface area contributed by atoms with Gasteiger partial charge in [-0.2, -0.15) is 0 Å². The summed E-state index contributed by atoms with van der Waals surface area (Å²) in [4.78, 5) is 24.2. The molecule has 0 unspecified atom stereocenters. The fraction of sp³-hybridized carbons (Fsp3) is 0.125. The third-order valence-corrected chi connectivity index (χ3v) is 3.68. The Hall–Kier alpha value is -1.93. The Kier molecular flexibility index (Phi) is 2.96. The van der Waals surface area contributed by atoms with Gasteiger partial charge in [0.1, 0.15) is 0 Å². The fourth-order valence-corrected chi connectivity index (χ4v) is 2.59. The maximum absolute atomic E-state index is 12.5. The molecule has 0 saturated carbocycles. The van der Waals surface area contributed by atoms with E-state index in [1.807, 2.05) is 0 Å². The minimum atomic E-state index is -0.0526. The smallest absolute Gasteiger partial charge is 0.193 e. The van der Waals surface area contributed by atoms with Gasteiger partial charge in [0.05, 0.1) is 0 Å². The lowest BCUT2D eigenvalue weighted by Crippen LogP contribution is -2.05. The molecule has 19 heavy (non-hydrogen) atoms.